The summed E-state index contributed by atoms with van der Waals surface area (Å²) in [6.07, 6.45) is 2.46. The summed E-state index contributed by atoms with van der Waals surface area (Å²) in [6.45, 7) is 5.44. The van der Waals surface area contributed by atoms with Gasteiger partial charge in [-0.15, -0.1) is 0 Å². The molecule has 2 unspecified atom stereocenters. The van der Waals surface area contributed by atoms with Crippen molar-refractivity contribution in [2.75, 3.05) is 30.0 Å². The summed E-state index contributed by atoms with van der Waals surface area (Å²) >= 11 is 2.07. The van der Waals surface area contributed by atoms with Crippen LogP contribution in [0.1, 0.15) is 38.3 Å². The summed E-state index contributed by atoms with van der Waals surface area (Å²) < 4.78 is 0. The van der Waals surface area contributed by atoms with Crippen molar-refractivity contribution in [3.63, 3.8) is 0 Å². The van der Waals surface area contributed by atoms with Crippen LogP contribution in [0.15, 0.2) is 24.3 Å². The molecule has 1 aromatic rings. The zero-order chi connectivity index (χ0) is 13.7. The number of anilines is 1. The van der Waals surface area contributed by atoms with Crippen LogP contribution in [0.2, 0.25) is 0 Å². The highest BCUT2D eigenvalue weighted by molar-refractivity contribution is 7.99. The van der Waals surface area contributed by atoms with Gasteiger partial charge in [0.25, 0.3) is 0 Å². The van der Waals surface area contributed by atoms with Crippen LogP contribution in [0.5, 0.6) is 0 Å². The predicted octanol–water partition coefficient (Wildman–Crippen LogP) is 3.69. The van der Waals surface area contributed by atoms with Crippen molar-refractivity contribution in [3.8, 4) is 0 Å². The van der Waals surface area contributed by atoms with Crippen LogP contribution in [0.3, 0.4) is 0 Å². The molecule has 1 aromatic carbocycles. The molecule has 0 radical (unpaired) electrons. The summed E-state index contributed by atoms with van der Waals surface area (Å²) in [6, 6.07) is 10.3. The topological polar surface area (TPSA) is 15.3 Å². The number of hydrogen-bond donors (Lipinski definition) is 1. The molecule has 1 heterocycles. The molecule has 2 atom stereocenters. The molecule has 106 valence electrons. The van der Waals surface area contributed by atoms with Crippen molar-refractivity contribution in [1.82, 2.24) is 5.32 Å². The minimum absolute atomic E-state index is 0.492. The van der Waals surface area contributed by atoms with Gasteiger partial charge in [0.1, 0.15) is 0 Å². The van der Waals surface area contributed by atoms with E-state index >= 15 is 0 Å². The van der Waals surface area contributed by atoms with Crippen molar-refractivity contribution in [2.24, 2.45) is 0 Å². The van der Waals surface area contributed by atoms with E-state index in [-0.39, 0.29) is 0 Å². The average molecular weight is 278 g/mol. The monoisotopic (exact) mass is 278 g/mol. The Labute approximate surface area is 122 Å². The van der Waals surface area contributed by atoms with Crippen molar-refractivity contribution >= 4 is 17.4 Å². The Morgan fingerprint density at radius 1 is 1.32 bits per heavy atom. The van der Waals surface area contributed by atoms with Crippen molar-refractivity contribution < 1.29 is 0 Å². The van der Waals surface area contributed by atoms with Crippen molar-refractivity contribution in [1.29, 1.82) is 0 Å². The molecule has 1 fully saturated rings. The first-order chi connectivity index (χ1) is 9.26. The van der Waals surface area contributed by atoms with Gasteiger partial charge < -0.3 is 10.2 Å². The summed E-state index contributed by atoms with van der Waals surface area (Å²) in [5.41, 5.74) is 2.75. The van der Waals surface area contributed by atoms with E-state index in [9.17, 15) is 0 Å². The van der Waals surface area contributed by atoms with Crippen molar-refractivity contribution in [3.05, 3.63) is 29.8 Å². The van der Waals surface area contributed by atoms with Crippen molar-refractivity contribution in [2.45, 2.75) is 38.8 Å². The second kappa shape index (κ2) is 7.20. The molecular formula is C16H26N2S. The van der Waals surface area contributed by atoms with Crippen LogP contribution in [0.25, 0.3) is 0 Å². The van der Waals surface area contributed by atoms with Gasteiger partial charge in [0.15, 0.2) is 0 Å². The van der Waals surface area contributed by atoms with Gasteiger partial charge in [-0.1, -0.05) is 26.0 Å². The quantitative estimate of drug-likeness (QED) is 0.854. The maximum absolute atomic E-state index is 3.54. The second-order valence-electron chi connectivity index (χ2n) is 5.24. The van der Waals surface area contributed by atoms with Gasteiger partial charge in [-0.3, -0.25) is 0 Å². The lowest BCUT2D eigenvalue weighted by Crippen LogP contribution is -2.31. The molecule has 19 heavy (non-hydrogen) atoms. The zero-order valence-electron chi connectivity index (χ0n) is 12.4. The van der Waals surface area contributed by atoms with E-state index in [0.29, 0.717) is 12.1 Å². The number of benzene rings is 1. The third-order valence-electron chi connectivity index (χ3n) is 4.01. The Morgan fingerprint density at radius 2 is 2.05 bits per heavy atom. The van der Waals surface area contributed by atoms with E-state index in [0.717, 1.165) is 13.0 Å². The van der Waals surface area contributed by atoms with Crippen LogP contribution < -0.4 is 10.2 Å². The summed E-state index contributed by atoms with van der Waals surface area (Å²) in [4.78, 5) is 2.44. The van der Waals surface area contributed by atoms with Crippen LogP contribution in [-0.2, 0) is 0 Å². The summed E-state index contributed by atoms with van der Waals surface area (Å²) in [7, 11) is 2.23. The number of thioether (sulfide) groups is 1. The van der Waals surface area contributed by atoms with E-state index < -0.39 is 0 Å². The fraction of sp³-hybridized carbons (Fsp3) is 0.625. The van der Waals surface area contributed by atoms with Crippen LogP contribution >= 0.6 is 11.8 Å². The Kier molecular flexibility index (Phi) is 5.59. The van der Waals surface area contributed by atoms with E-state index in [1.54, 1.807) is 0 Å². The number of rotatable bonds is 6. The minimum atomic E-state index is 0.492. The summed E-state index contributed by atoms with van der Waals surface area (Å²) in [5.74, 6) is 2.58. The molecule has 2 rings (SSSR count). The standard InChI is InChI=1S/C16H26N2S/c1-4-16(17-5-2)13-6-8-14(9-7-13)18(3)15-10-11-19-12-15/h6-9,15-17H,4-5,10-12H2,1-3H3. The third-order valence-corrected chi connectivity index (χ3v) is 5.16. The molecule has 0 saturated carbocycles. The normalized spacial score (nSPS) is 20.5. The maximum Gasteiger partial charge on any atom is 0.0385 e. The van der Waals surface area contributed by atoms with Crippen LogP contribution in [0, 0.1) is 0 Å². The van der Waals surface area contributed by atoms with Crippen LogP contribution in [-0.4, -0.2) is 31.1 Å². The molecule has 0 bridgehead atoms. The Bertz CT molecular complexity index is 371. The Morgan fingerprint density at radius 3 is 2.58 bits per heavy atom. The smallest absolute Gasteiger partial charge is 0.0385 e. The average Bonchev–Trinajstić information content (AvgIpc) is 2.98. The fourth-order valence-electron chi connectivity index (χ4n) is 2.72. The number of nitrogens with zero attached hydrogens (tertiary/aromatic N) is 1. The molecule has 0 spiro atoms. The molecule has 0 aliphatic carbocycles. The first-order valence-corrected chi connectivity index (χ1v) is 8.55. The lowest BCUT2D eigenvalue weighted by atomic mass is 10.0. The van der Waals surface area contributed by atoms with Gasteiger partial charge in [0.2, 0.25) is 0 Å². The first-order valence-electron chi connectivity index (χ1n) is 7.40. The molecular weight excluding hydrogens is 252 g/mol. The first kappa shape index (κ1) is 14.7. The molecule has 1 N–H and O–H groups in total. The molecule has 3 heteroatoms. The molecule has 1 saturated heterocycles. The SMILES string of the molecule is CCNC(CC)c1ccc(N(C)C2CCSC2)cc1. The molecule has 2 nitrogen and oxygen atoms in total. The maximum atomic E-state index is 3.54. The molecule has 0 aromatic heterocycles. The molecule has 1 aliphatic heterocycles. The predicted molar refractivity (Wildman–Crippen MR) is 87.3 cm³/mol. The van der Waals surface area contributed by atoms with Gasteiger partial charge in [-0.05, 0) is 42.8 Å². The van der Waals surface area contributed by atoms with E-state index in [1.807, 2.05) is 0 Å². The third kappa shape index (κ3) is 3.67. The minimum Gasteiger partial charge on any atom is -0.371 e. The van der Waals surface area contributed by atoms with Gasteiger partial charge in [0, 0.05) is 30.6 Å². The zero-order valence-corrected chi connectivity index (χ0v) is 13.2. The Hall–Kier alpha value is -0.670. The highest BCUT2D eigenvalue weighted by atomic mass is 32.2. The lowest BCUT2D eigenvalue weighted by molar-refractivity contribution is 0.537. The summed E-state index contributed by atoms with van der Waals surface area (Å²) in [5, 5.41) is 3.54. The van der Waals surface area contributed by atoms with E-state index in [1.165, 1.54) is 29.2 Å². The highest BCUT2D eigenvalue weighted by Crippen LogP contribution is 2.27. The van der Waals surface area contributed by atoms with E-state index in [4.69, 9.17) is 0 Å². The molecule has 0 amide bonds. The van der Waals surface area contributed by atoms with Gasteiger partial charge >= 0.3 is 0 Å². The Balaban J connectivity index is 2.04. The second-order valence-corrected chi connectivity index (χ2v) is 6.39. The number of nitrogens with one attached hydrogen (secondary N) is 1. The van der Waals surface area contributed by atoms with Crippen LogP contribution in [0.4, 0.5) is 5.69 Å². The van der Waals surface area contributed by atoms with E-state index in [2.05, 4.69) is 67.1 Å². The largest absolute Gasteiger partial charge is 0.371 e. The molecule has 1 aliphatic rings. The van der Waals surface area contributed by atoms with Gasteiger partial charge in [-0.25, -0.2) is 0 Å². The fourth-order valence-corrected chi connectivity index (χ4v) is 3.99. The number of hydrogen-bond acceptors (Lipinski definition) is 3. The van der Waals surface area contributed by atoms with Gasteiger partial charge in [-0.2, -0.15) is 11.8 Å². The highest BCUT2D eigenvalue weighted by Gasteiger charge is 2.20. The lowest BCUT2D eigenvalue weighted by Gasteiger charge is -2.26. The van der Waals surface area contributed by atoms with Gasteiger partial charge in [0.05, 0.1) is 0 Å².